The number of hydrogen-bond donors (Lipinski definition) is 4. The summed E-state index contributed by atoms with van der Waals surface area (Å²) in [6.45, 7) is 3.76. The largest absolute Gasteiger partial charge is 0.393 e. The fourth-order valence-electron chi connectivity index (χ4n) is 1.85. The predicted molar refractivity (Wildman–Crippen MR) is 70.6 cm³/mol. The maximum atomic E-state index is 9.37. The van der Waals surface area contributed by atoms with E-state index < -0.39 is 0 Å². The Bertz CT molecular complexity index is 523. The van der Waals surface area contributed by atoms with Crippen molar-refractivity contribution >= 4 is 22.9 Å². The molecule has 2 atom stereocenters. The monoisotopic (exact) mass is 250 g/mol. The van der Waals surface area contributed by atoms with Gasteiger partial charge in [0.1, 0.15) is 5.52 Å². The van der Waals surface area contributed by atoms with Crippen molar-refractivity contribution in [1.82, 2.24) is 19.9 Å². The third-order valence-corrected chi connectivity index (χ3v) is 2.59. The number of aromatic amines is 1. The molecule has 0 aliphatic carbocycles. The van der Waals surface area contributed by atoms with Gasteiger partial charge in [-0.25, -0.2) is 4.98 Å². The molecule has 0 bridgehead atoms. The van der Waals surface area contributed by atoms with Crippen molar-refractivity contribution in [2.45, 2.75) is 32.4 Å². The summed E-state index contributed by atoms with van der Waals surface area (Å²) in [5, 5.41) is 15.5. The zero-order valence-corrected chi connectivity index (χ0v) is 10.7. The molecule has 0 aromatic carbocycles. The minimum absolute atomic E-state index is 0.108. The van der Waals surface area contributed by atoms with Crippen molar-refractivity contribution in [2.75, 3.05) is 17.7 Å². The highest BCUT2D eigenvalue weighted by molar-refractivity contribution is 5.83. The highest BCUT2D eigenvalue weighted by Crippen LogP contribution is 2.19. The second-order valence-electron chi connectivity index (χ2n) is 4.38. The second-order valence-corrected chi connectivity index (χ2v) is 4.38. The number of fused-ring (bicyclic) bond motifs is 1. The van der Waals surface area contributed by atoms with E-state index in [1.54, 1.807) is 20.3 Å². The van der Waals surface area contributed by atoms with Gasteiger partial charge < -0.3 is 20.7 Å². The molecule has 2 unspecified atom stereocenters. The number of hydrogen-bond acceptors (Lipinski definition) is 6. The van der Waals surface area contributed by atoms with Crippen LogP contribution in [0.4, 0.5) is 11.8 Å². The third kappa shape index (κ3) is 2.67. The van der Waals surface area contributed by atoms with Gasteiger partial charge >= 0.3 is 0 Å². The lowest BCUT2D eigenvalue weighted by Crippen LogP contribution is -2.21. The molecule has 0 spiro atoms. The minimum Gasteiger partial charge on any atom is -0.393 e. The van der Waals surface area contributed by atoms with Crippen LogP contribution in [-0.4, -0.2) is 44.2 Å². The van der Waals surface area contributed by atoms with E-state index >= 15 is 0 Å². The molecule has 0 radical (unpaired) electrons. The summed E-state index contributed by atoms with van der Waals surface area (Å²) in [5.74, 6) is 1.20. The van der Waals surface area contributed by atoms with Crippen LogP contribution in [0.3, 0.4) is 0 Å². The number of imidazole rings is 1. The van der Waals surface area contributed by atoms with E-state index in [2.05, 4.69) is 30.6 Å². The number of nitrogens with zero attached hydrogens (tertiary/aromatic N) is 3. The average Bonchev–Trinajstić information content (AvgIpc) is 2.75. The molecule has 4 N–H and O–H groups in total. The molecule has 7 heteroatoms. The predicted octanol–water partition coefficient (Wildman–Crippen LogP) is 0.966. The van der Waals surface area contributed by atoms with Gasteiger partial charge in [-0.15, -0.1) is 0 Å². The summed E-state index contributed by atoms with van der Waals surface area (Å²) in [6.07, 6.45) is 1.88. The van der Waals surface area contributed by atoms with Gasteiger partial charge in [-0.2, -0.15) is 9.97 Å². The first kappa shape index (κ1) is 12.6. The van der Waals surface area contributed by atoms with Crippen LogP contribution in [0.1, 0.15) is 20.3 Å². The van der Waals surface area contributed by atoms with Gasteiger partial charge in [0.25, 0.3) is 0 Å². The van der Waals surface area contributed by atoms with Crippen molar-refractivity contribution in [2.24, 2.45) is 0 Å². The first-order valence-corrected chi connectivity index (χ1v) is 5.93. The van der Waals surface area contributed by atoms with Gasteiger partial charge in [-0.3, -0.25) is 0 Å². The molecule has 2 aromatic heterocycles. The summed E-state index contributed by atoms with van der Waals surface area (Å²) in [7, 11) is 1.76. The zero-order chi connectivity index (χ0) is 13.1. The van der Waals surface area contributed by atoms with Crippen LogP contribution in [0.2, 0.25) is 0 Å². The highest BCUT2D eigenvalue weighted by atomic mass is 16.3. The Balaban J connectivity index is 2.28. The molecule has 0 fully saturated rings. The van der Waals surface area contributed by atoms with E-state index in [0.29, 0.717) is 23.8 Å². The van der Waals surface area contributed by atoms with Gasteiger partial charge in [0.2, 0.25) is 5.95 Å². The molecule has 7 nitrogen and oxygen atoms in total. The average molecular weight is 250 g/mol. The van der Waals surface area contributed by atoms with Crippen molar-refractivity contribution in [1.29, 1.82) is 0 Å². The number of aliphatic hydroxyl groups is 1. The van der Waals surface area contributed by atoms with Crippen LogP contribution < -0.4 is 10.6 Å². The van der Waals surface area contributed by atoms with Gasteiger partial charge in [0.15, 0.2) is 11.5 Å². The van der Waals surface area contributed by atoms with E-state index in [1.807, 2.05) is 6.92 Å². The SMILES string of the molecule is CNc1nc(NC(C)CC(C)O)c2[nH]cnc2n1. The zero-order valence-electron chi connectivity index (χ0n) is 10.7. The fraction of sp³-hybridized carbons (Fsp3) is 0.545. The van der Waals surface area contributed by atoms with Crippen molar-refractivity contribution < 1.29 is 5.11 Å². The van der Waals surface area contributed by atoms with Crippen molar-refractivity contribution in [3.63, 3.8) is 0 Å². The molecule has 2 rings (SSSR count). The summed E-state index contributed by atoms with van der Waals surface area (Å²) < 4.78 is 0. The molecule has 0 saturated heterocycles. The van der Waals surface area contributed by atoms with Gasteiger partial charge in [0.05, 0.1) is 12.4 Å². The smallest absolute Gasteiger partial charge is 0.226 e. The second kappa shape index (κ2) is 5.18. The Morgan fingerprint density at radius 3 is 2.83 bits per heavy atom. The Morgan fingerprint density at radius 2 is 2.17 bits per heavy atom. The molecule has 0 amide bonds. The summed E-state index contributed by atoms with van der Waals surface area (Å²) in [4.78, 5) is 15.7. The standard InChI is InChI=1S/C11H18N6O/c1-6(4-7(2)18)15-10-8-9(14-5-13-8)16-11(12-3)17-10/h5-7,18H,4H2,1-3H3,(H3,12,13,14,15,16,17). The Labute approximate surface area is 105 Å². The summed E-state index contributed by atoms with van der Waals surface area (Å²) in [6, 6.07) is 0.108. The topological polar surface area (TPSA) is 98.8 Å². The van der Waals surface area contributed by atoms with Crippen LogP contribution in [0.5, 0.6) is 0 Å². The molecular weight excluding hydrogens is 232 g/mol. The van der Waals surface area contributed by atoms with Gasteiger partial charge in [-0.05, 0) is 20.3 Å². The van der Waals surface area contributed by atoms with E-state index in [4.69, 9.17) is 0 Å². The van der Waals surface area contributed by atoms with Crippen LogP contribution in [0.15, 0.2) is 6.33 Å². The number of nitrogens with one attached hydrogen (secondary N) is 3. The fourth-order valence-corrected chi connectivity index (χ4v) is 1.85. The minimum atomic E-state index is -0.352. The number of aliphatic hydroxyl groups excluding tert-OH is 1. The Kier molecular flexibility index (Phi) is 3.61. The lowest BCUT2D eigenvalue weighted by molar-refractivity contribution is 0.179. The number of anilines is 2. The lowest BCUT2D eigenvalue weighted by atomic mass is 10.1. The van der Waals surface area contributed by atoms with Crippen LogP contribution >= 0.6 is 0 Å². The van der Waals surface area contributed by atoms with E-state index in [-0.39, 0.29) is 12.1 Å². The Hall–Kier alpha value is -1.89. The highest BCUT2D eigenvalue weighted by Gasteiger charge is 2.12. The van der Waals surface area contributed by atoms with E-state index in [9.17, 15) is 5.11 Å². The van der Waals surface area contributed by atoms with Crippen LogP contribution in [-0.2, 0) is 0 Å². The molecule has 98 valence electrons. The third-order valence-electron chi connectivity index (χ3n) is 2.59. The normalized spacial score (nSPS) is 14.4. The van der Waals surface area contributed by atoms with Gasteiger partial charge in [0, 0.05) is 13.1 Å². The first-order valence-electron chi connectivity index (χ1n) is 5.93. The van der Waals surface area contributed by atoms with Crippen LogP contribution in [0.25, 0.3) is 11.2 Å². The molecule has 2 heterocycles. The quantitative estimate of drug-likeness (QED) is 0.631. The summed E-state index contributed by atoms with van der Waals surface area (Å²) in [5.41, 5.74) is 1.38. The summed E-state index contributed by atoms with van der Waals surface area (Å²) >= 11 is 0. The van der Waals surface area contributed by atoms with E-state index in [1.165, 1.54) is 0 Å². The van der Waals surface area contributed by atoms with E-state index in [0.717, 1.165) is 5.52 Å². The molecule has 0 aliphatic heterocycles. The van der Waals surface area contributed by atoms with Gasteiger partial charge in [-0.1, -0.05) is 0 Å². The lowest BCUT2D eigenvalue weighted by Gasteiger charge is -2.16. The van der Waals surface area contributed by atoms with Crippen molar-refractivity contribution in [3.05, 3.63) is 6.33 Å². The first-order chi connectivity index (χ1) is 8.60. The molecule has 0 aliphatic rings. The number of aromatic nitrogens is 4. The molecular formula is C11H18N6O. The maximum Gasteiger partial charge on any atom is 0.226 e. The molecule has 18 heavy (non-hydrogen) atoms. The Morgan fingerprint density at radius 1 is 1.39 bits per heavy atom. The number of H-pyrrole nitrogens is 1. The molecule has 2 aromatic rings. The van der Waals surface area contributed by atoms with Crippen LogP contribution in [0, 0.1) is 0 Å². The number of rotatable bonds is 5. The molecule has 0 saturated carbocycles. The van der Waals surface area contributed by atoms with Crippen molar-refractivity contribution in [3.8, 4) is 0 Å². The maximum absolute atomic E-state index is 9.37.